The number of aromatic nitrogens is 3. The van der Waals surface area contributed by atoms with Crippen LogP contribution >= 0.6 is 11.9 Å². The van der Waals surface area contributed by atoms with Crippen LogP contribution in [0.5, 0.6) is 17.2 Å². The van der Waals surface area contributed by atoms with E-state index in [9.17, 15) is 0 Å². The third kappa shape index (κ3) is 3.34. The Labute approximate surface area is 183 Å². The molecule has 1 aliphatic heterocycles. The van der Waals surface area contributed by atoms with Crippen molar-refractivity contribution in [2.24, 2.45) is 0 Å². The quantitative estimate of drug-likeness (QED) is 0.416. The predicted octanol–water partition coefficient (Wildman–Crippen LogP) is 4.70. The van der Waals surface area contributed by atoms with Gasteiger partial charge in [0.1, 0.15) is 27.5 Å². The van der Waals surface area contributed by atoms with Crippen LogP contribution < -0.4 is 18.9 Å². The number of nitrogens with one attached hydrogen (secondary N) is 1. The number of anilines is 1. The molecule has 0 aliphatic carbocycles. The normalized spacial score (nSPS) is 13.6. The van der Waals surface area contributed by atoms with Gasteiger partial charge in [-0.25, -0.2) is 0 Å². The second-order valence-electron chi connectivity index (χ2n) is 7.13. The molecule has 4 aromatic rings. The number of rotatable bonds is 7. The van der Waals surface area contributed by atoms with Crippen LogP contribution in [0.25, 0.3) is 11.0 Å². The summed E-state index contributed by atoms with van der Waals surface area (Å²) < 4.78 is 27.9. The third-order valence-corrected chi connectivity index (χ3v) is 6.36. The zero-order valence-corrected chi connectivity index (χ0v) is 18.2. The van der Waals surface area contributed by atoms with E-state index in [-0.39, 0.29) is 6.04 Å². The summed E-state index contributed by atoms with van der Waals surface area (Å²) in [5.41, 5.74) is 2.97. The zero-order chi connectivity index (χ0) is 21.4. The Hall–Kier alpha value is -3.33. The topological polar surface area (TPSA) is 83.6 Å². The van der Waals surface area contributed by atoms with Crippen LogP contribution in [0.15, 0.2) is 52.1 Å². The molecule has 0 bridgehead atoms. The van der Waals surface area contributed by atoms with Gasteiger partial charge in [-0.15, -0.1) is 0 Å². The van der Waals surface area contributed by atoms with Gasteiger partial charge in [0.25, 0.3) is 0 Å². The van der Waals surface area contributed by atoms with Gasteiger partial charge in [0.2, 0.25) is 0 Å². The summed E-state index contributed by atoms with van der Waals surface area (Å²) in [6.07, 6.45) is 4.58. The number of hydrogen-bond acceptors (Lipinski definition) is 8. The SMILES string of the molecule is COc1cccc(OC)c1SNc1noc2cc(C(C)n3cccn3)c3c(c12)OCC3. The molecule has 2 aromatic carbocycles. The van der Waals surface area contributed by atoms with Crippen molar-refractivity contribution in [3.8, 4) is 17.2 Å². The molecular formula is C22H22N4O4S. The van der Waals surface area contributed by atoms with Gasteiger partial charge >= 0.3 is 0 Å². The monoisotopic (exact) mass is 438 g/mol. The molecule has 1 N–H and O–H groups in total. The maximum absolute atomic E-state index is 6.03. The molecule has 0 saturated carbocycles. The highest BCUT2D eigenvalue weighted by Crippen LogP contribution is 2.45. The fourth-order valence-corrected chi connectivity index (χ4v) is 4.76. The molecular weight excluding hydrogens is 416 g/mol. The number of methoxy groups -OCH3 is 2. The number of fused-ring (bicyclic) bond motifs is 3. The maximum Gasteiger partial charge on any atom is 0.191 e. The van der Waals surface area contributed by atoms with Crippen LogP contribution in [0.1, 0.15) is 24.1 Å². The fourth-order valence-electron chi connectivity index (χ4n) is 3.92. The molecule has 3 heterocycles. The zero-order valence-electron chi connectivity index (χ0n) is 17.4. The summed E-state index contributed by atoms with van der Waals surface area (Å²) in [5, 5.41) is 9.50. The molecule has 0 amide bonds. The lowest BCUT2D eigenvalue weighted by Gasteiger charge is -2.16. The number of hydrogen-bond donors (Lipinski definition) is 1. The molecule has 9 heteroatoms. The molecule has 1 aliphatic rings. The minimum atomic E-state index is 0.0589. The lowest BCUT2D eigenvalue weighted by molar-refractivity contribution is 0.360. The molecule has 5 rings (SSSR count). The maximum atomic E-state index is 6.03. The second-order valence-corrected chi connectivity index (χ2v) is 7.95. The minimum Gasteiger partial charge on any atom is -0.495 e. The van der Waals surface area contributed by atoms with E-state index in [0.29, 0.717) is 29.5 Å². The van der Waals surface area contributed by atoms with Crippen LogP contribution in [0.4, 0.5) is 5.82 Å². The van der Waals surface area contributed by atoms with E-state index in [0.717, 1.165) is 28.0 Å². The molecule has 160 valence electrons. The van der Waals surface area contributed by atoms with E-state index in [1.54, 1.807) is 20.4 Å². The first-order chi connectivity index (χ1) is 15.2. The van der Waals surface area contributed by atoms with Gasteiger partial charge in [-0.3, -0.25) is 4.68 Å². The summed E-state index contributed by atoms with van der Waals surface area (Å²) in [7, 11) is 3.26. The first-order valence-corrected chi connectivity index (χ1v) is 10.7. The van der Waals surface area contributed by atoms with Crippen LogP contribution in [0.3, 0.4) is 0 Å². The highest BCUT2D eigenvalue weighted by molar-refractivity contribution is 8.00. The Bertz CT molecular complexity index is 1200. The Morgan fingerprint density at radius 1 is 1.19 bits per heavy atom. The largest absolute Gasteiger partial charge is 0.495 e. The Morgan fingerprint density at radius 3 is 2.71 bits per heavy atom. The van der Waals surface area contributed by atoms with E-state index >= 15 is 0 Å². The standard InChI is InChI=1S/C22H22N4O4S/c1-13(26-10-5-9-23-26)15-12-18-19(20-14(15)8-11-29-20)22(24-30-18)25-31-21-16(27-2)6-4-7-17(21)28-3/h4-7,9-10,12-13H,8,11H2,1-3H3,(H,24,25). The van der Waals surface area contributed by atoms with Crippen molar-refractivity contribution in [3.05, 3.63) is 53.9 Å². The summed E-state index contributed by atoms with van der Waals surface area (Å²) in [6.45, 7) is 2.75. The first kappa shape index (κ1) is 19.6. The Morgan fingerprint density at radius 2 is 2.00 bits per heavy atom. The smallest absolute Gasteiger partial charge is 0.191 e. The number of nitrogens with zero attached hydrogens (tertiary/aromatic N) is 3. The molecule has 8 nitrogen and oxygen atoms in total. The summed E-state index contributed by atoms with van der Waals surface area (Å²) in [5.74, 6) is 2.84. The van der Waals surface area contributed by atoms with Crippen molar-refractivity contribution >= 4 is 28.7 Å². The highest BCUT2D eigenvalue weighted by atomic mass is 32.2. The van der Waals surface area contributed by atoms with Crippen molar-refractivity contribution in [3.63, 3.8) is 0 Å². The van der Waals surface area contributed by atoms with E-state index < -0.39 is 0 Å². The number of benzene rings is 2. The van der Waals surface area contributed by atoms with Crippen LogP contribution in [-0.4, -0.2) is 35.8 Å². The average molecular weight is 439 g/mol. The van der Waals surface area contributed by atoms with Crippen LogP contribution in [0.2, 0.25) is 0 Å². The van der Waals surface area contributed by atoms with E-state index in [1.165, 1.54) is 17.5 Å². The van der Waals surface area contributed by atoms with Gasteiger partial charge in [0.05, 0.1) is 26.9 Å². The van der Waals surface area contributed by atoms with Gasteiger partial charge in [-0.2, -0.15) is 5.10 Å². The van der Waals surface area contributed by atoms with Crippen molar-refractivity contribution in [1.82, 2.24) is 14.9 Å². The van der Waals surface area contributed by atoms with Crippen molar-refractivity contribution in [2.45, 2.75) is 24.3 Å². The molecule has 31 heavy (non-hydrogen) atoms. The van der Waals surface area contributed by atoms with Gasteiger partial charge in [0.15, 0.2) is 11.4 Å². The third-order valence-electron chi connectivity index (χ3n) is 5.46. The molecule has 0 saturated heterocycles. The van der Waals surface area contributed by atoms with Crippen molar-refractivity contribution in [1.29, 1.82) is 0 Å². The van der Waals surface area contributed by atoms with Crippen molar-refractivity contribution in [2.75, 3.05) is 25.5 Å². The molecule has 1 atom stereocenters. The average Bonchev–Trinajstić information content (AvgIpc) is 3.56. The molecule has 2 aromatic heterocycles. The van der Waals surface area contributed by atoms with Gasteiger partial charge in [-0.05, 0) is 48.7 Å². The first-order valence-electron chi connectivity index (χ1n) is 9.92. The Balaban J connectivity index is 1.52. The number of ether oxygens (including phenoxy) is 3. The van der Waals surface area contributed by atoms with Crippen LogP contribution in [0, 0.1) is 0 Å². The highest BCUT2D eigenvalue weighted by Gasteiger charge is 2.28. The minimum absolute atomic E-state index is 0.0589. The summed E-state index contributed by atoms with van der Waals surface area (Å²) >= 11 is 1.36. The molecule has 1 unspecified atom stereocenters. The van der Waals surface area contributed by atoms with Crippen LogP contribution in [-0.2, 0) is 6.42 Å². The lowest BCUT2D eigenvalue weighted by Crippen LogP contribution is -2.09. The van der Waals surface area contributed by atoms with E-state index in [2.05, 4.69) is 21.9 Å². The second kappa shape index (κ2) is 8.07. The predicted molar refractivity (Wildman–Crippen MR) is 118 cm³/mol. The molecule has 0 fully saturated rings. The molecule has 0 spiro atoms. The lowest BCUT2D eigenvalue weighted by atomic mass is 9.97. The summed E-state index contributed by atoms with van der Waals surface area (Å²) in [6, 6.07) is 9.68. The van der Waals surface area contributed by atoms with Gasteiger partial charge in [-0.1, -0.05) is 11.2 Å². The van der Waals surface area contributed by atoms with Crippen molar-refractivity contribution < 1.29 is 18.7 Å². The van der Waals surface area contributed by atoms with E-state index in [4.69, 9.17) is 18.7 Å². The van der Waals surface area contributed by atoms with E-state index in [1.807, 2.05) is 41.2 Å². The Kier molecular flexibility index (Phi) is 5.11. The van der Waals surface area contributed by atoms with Gasteiger partial charge in [0, 0.05) is 24.4 Å². The van der Waals surface area contributed by atoms with Gasteiger partial charge < -0.3 is 23.5 Å². The summed E-state index contributed by atoms with van der Waals surface area (Å²) in [4.78, 5) is 0.824. The molecule has 0 radical (unpaired) electrons. The fraction of sp³-hybridized carbons (Fsp3) is 0.273.